The molecule has 3 aromatic rings. The number of carbonyl (C=O) groups excluding carboxylic acids is 2. The molecule has 0 aliphatic heterocycles. The Hall–Kier alpha value is -3.80. The van der Waals surface area contributed by atoms with E-state index in [0.717, 1.165) is 16.8 Å². The lowest BCUT2D eigenvalue weighted by atomic mass is 9.92. The van der Waals surface area contributed by atoms with Crippen LogP contribution in [0.15, 0.2) is 72.8 Å². The maximum Gasteiger partial charge on any atom is 0.259 e. The van der Waals surface area contributed by atoms with Crippen LogP contribution in [0.5, 0.6) is 5.75 Å². The number of benzene rings is 3. The SMILES string of the molecule is COc1ccccc1C(=O)Nc1ccc(N(C)C)c(CN(C(=O)C(C)(C)C)[C@H](C)c2ccccc2)c1. The van der Waals surface area contributed by atoms with Gasteiger partial charge in [-0.3, -0.25) is 9.59 Å². The van der Waals surface area contributed by atoms with Crippen LogP contribution in [0.1, 0.15) is 55.2 Å². The van der Waals surface area contributed by atoms with Gasteiger partial charge in [-0.25, -0.2) is 0 Å². The van der Waals surface area contributed by atoms with Gasteiger partial charge in [-0.05, 0) is 48.4 Å². The summed E-state index contributed by atoms with van der Waals surface area (Å²) in [5.41, 5.74) is 3.57. The molecule has 3 rings (SSSR count). The first-order chi connectivity index (χ1) is 17.0. The molecule has 6 heteroatoms. The molecule has 36 heavy (non-hydrogen) atoms. The van der Waals surface area contributed by atoms with Crippen LogP contribution in [0.3, 0.4) is 0 Å². The molecule has 0 bridgehead atoms. The van der Waals surface area contributed by atoms with E-state index in [2.05, 4.69) is 12.2 Å². The number of nitrogens with zero attached hydrogens (tertiary/aromatic N) is 2. The molecule has 3 aromatic carbocycles. The summed E-state index contributed by atoms with van der Waals surface area (Å²) in [7, 11) is 5.50. The minimum absolute atomic E-state index is 0.0621. The van der Waals surface area contributed by atoms with Gasteiger partial charge in [0.2, 0.25) is 5.91 Å². The average molecular weight is 488 g/mol. The molecule has 0 aliphatic carbocycles. The van der Waals surface area contributed by atoms with Crippen LogP contribution in [0.4, 0.5) is 11.4 Å². The first-order valence-electron chi connectivity index (χ1n) is 12.1. The minimum atomic E-state index is -0.545. The summed E-state index contributed by atoms with van der Waals surface area (Å²) in [5, 5.41) is 2.99. The van der Waals surface area contributed by atoms with E-state index in [1.54, 1.807) is 25.3 Å². The smallest absolute Gasteiger partial charge is 0.259 e. The highest BCUT2D eigenvalue weighted by Crippen LogP contribution is 2.32. The van der Waals surface area contributed by atoms with E-state index in [1.165, 1.54) is 0 Å². The summed E-state index contributed by atoms with van der Waals surface area (Å²) in [4.78, 5) is 30.6. The van der Waals surface area contributed by atoms with Crippen LogP contribution >= 0.6 is 0 Å². The second-order valence-electron chi connectivity index (χ2n) is 10.2. The molecule has 0 saturated heterocycles. The Kier molecular flexibility index (Phi) is 8.41. The van der Waals surface area contributed by atoms with Gasteiger partial charge in [-0.15, -0.1) is 0 Å². The number of anilines is 2. The molecule has 1 atom stereocenters. The molecule has 0 aromatic heterocycles. The molecule has 0 aliphatic rings. The minimum Gasteiger partial charge on any atom is -0.496 e. The lowest BCUT2D eigenvalue weighted by Crippen LogP contribution is -2.40. The molecule has 2 amide bonds. The van der Waals surface area contributed by atoms with E-state index in [0.29, 0.717) is 23.5 Å². The fraction of sp³-hybridized carbons (Fsp3) is 0.333. The van der Waals surface area contributed by atoms with Gasteiger partial charge in [-0.1, -0.05) is 63.2 Å². The van der Waals surface area contributed by atoms with Crippen molar-refractivity contribution in [1.29, 1.82) is 0 Å². The number of amides is 2. The zero-order chi connectivity index (χ0) is 26.5. The van der Waals surface area contributed by atoms with Gasteiger partial charge >= 0.3 is 0 Å². The summed E-state index contributed by atoms with van der Waals surface area (Å²) in [5.74, 6) is 0.321. The number of rotatable bonds is 8. The molecule has 6 nitrogen and oxygen atoms in total. The van der Waals surface area contributed by atoms with E-state index < -0.39 is 5.41 Å². The van der Waals surface area contributed by atoms with Crippen molar-refractivity contribution in [2.45, 2.75) is 40.3 Å². The first-order valence-corrected chi connectivity index (χ1v) is 12.1. The summed E-state index contributed by atoms with van der Waals surface area (Å²) in [6, 6.07) is 22.8. The van der Waals surface area contributed by atoms with Crippen LogP contribution in [0.25, 0.3) is 0 Å². The zero-order valence-corrected chi connectivity index (χ0v) is 22.3. The highest BCUT2D eigenvalue weighted by atomic mass is 16.5. The van der Waals surface area contributed by atoms with Crippen molar-refractivity contribution in [3.05, 3.63) is 89.5 Å². The van der Waals surface area contributed by atoms with E-state index in [-0.39, 0.29) is 17.9 Å². The lowest BCUT2D eigenvalue weighted by Gasteiger charge is -2.35. The molecule has 0 saturated carbocycles. The molecular weight excluding hydrogens is 450 g/mol. The quantitative estimate of drug-likeness (QED) is 0.414. The first kappa shape index (κ1) is 26.8. The Morgan fingerprint density at radius 1 is 0.944 bits per heavy atom. The largest absolute Gasteiger partial charge is 0.496 e. The Morgan fingerprint density at radius 3 is 2.19 bits per heavy atom. The van der Waals surface area contributed by atoms with E-state index in [1.807, 2.05) is 99.3 Å². The molecule has 0 radical (unpaired) electrons. The van der Waals surface area contributed by atoms with Gasteiger partial charge in [0.25, 0.3) is 5.91 Å². The van der Waals surface area contributed by atoms with Crippen LogP contribution in [0.2, 0.25) is 0 Å². The maximum atomic E-state index is 13.6. The molecule has 190 valence electrons. The zero-order valence-electron chi connectivity index (χ0n) is 22.3. The summed E-state index contributed by atoms with van der Waals surface area (Å²) < 4.78 is 5.35. The predicted octanol–water partition coefficient (Wildman–Crippen LogP) is 6.15. The second kappa shape index (κ2) is 11.3. The molecule has 0 fully saturated rings. The molecular formula is C30H37N3O3. The highest BCUT2D eigenvalue weighted by molar-refractivity contribution is 6.06. The van der Waals surface area contributed by atoms with Gasteiger partial charge in [0.05, 0.1) is 18.7 Å². The average Bonchev–Trinajstić information content (AvgIpc) is 2.86. The third-order valence-corrected chi connectivity index (χ3v) is 6.16. The van der Waals surface area contributed by atoms with Crippen molar-refractivity contribution in [3.63, 3.8) is 0 Å². The van der Waals surface area contributed by atoms with E-state index >= 15 is 0 Å². The number of methoxy groups -OCH3 is 1. The Balaban J connectivity index is 1.98. The molecule has 0 heterocycles. The van der Waals surface area contributed by atoms with E-state index in [9.17, 15) is 9.59 Å². The van der Waals surface area contributed by atoms with Crippen molar-refractivity contribution in [2.75, 3.05) is 31.4 Å². The van der Waals surface area contributed by atoms with Crippen LogP contribution in [-0.2, 0) is 11.3 Å². The standard InChI is InChI=1S/C30H37N3O3/c1-21(22-13-9-8-10-14-22)33(29(35)30(2,3)4)20-23-19-24(17-18-26(23)32(5)6)31-28(34)25-15-11-12-16-27(25)36-7/h8-19,21H,20H2,1-7H3,(H,31,34)/t21-/m1/s1. The number of nitrogens with one attached hydrogen (secondary N) is 1. The van der Waals surface area contributed by atoms with Crippen molar-refractivity contribution in [2.24, 2.45) is 5.41 Å². The van der Waals surface area contributed by atoms with Gasteiger partial charge in [0.15, 0.2) is 0 Å². The number of para-hydroxylation sites is 1. The molecule has 0 unspecified atom stereocenters. The molecule has 1 N–H and O–H groups in total. The van der Waals surface area contributed by atoms with Crippen LogP contribution < -0.4 is 15.0 Å². The molecule has 0 spiro atoms. The highest BCUT2D eigenvalue weighted by Gasteiger charge is 2.31. The second-order valence-corrected chi connectivity index (χ2v) is 10.2. The number of carbonyl (C=O) groups is 2. The Morgan fingerprint density at radius 2 is 1.58 bits per heavy atom. The number of ether oxygens (including phenoxy) is 1. The summed E-state index contributed by atoms with van der Waals surface area (Å²) in [6.07, 6.45) is 0. The maximum absolute atomic E-state index is 13.6. The van der Waals surface area contributed by atoms with Crippen molar-refractivity contribution >= 4 is 23.2 Å². The van der Waals surface area contributed by atoms with Gasteiger partial charge in [0, 0.05) is 37.4 Å². The third-order valence-electron chi connectivity index (χ3n) is 6.16. The van der Waals surface area contributed by atoms with Crippen molar-refractivity contribution < 1.29 is 14.3 Å². The van der Waals surface area contributed by atoms with Crippen molar-refractivity contribution in [1.82, 2.24) is 4.90 Å². The van der Waals surface area contributed by atoms with E-state index in [4.69, 9.17) is 4.74 Å². The normalized spacial score (nSPS) is 12.0. The Bertz CT molecular complexity index is 1200. The topological polar surface area (TPSA) is 61.9 Å². The Labute approximate surface area is 214 Å². The summed E-state index contributed by atoms with van der Waals surface area (Å²) >= 11 is 0. The third kappa shape index (κ3) is 6.25. The predicted molar refractivity (Wildman–Crippen MR) is 147 cm³/mol. The summed E-state index contributed by atoms with van der Waals surface area (Å²) in [6.45, 7) is 8.28. The number of hydrogen-bond acceptors (Lipinski definition) is 4. The van der Waals surface area contributed by atoms with Gasteiger partial charge in [-0.2, -0.15) is 0 Å². The van der Waals surface area contributed by atoms with Gasteiger partial charge < -0.3 is 19.9 Å². The van der Waals surface area contributed by atoms with Crippen LogP contribution in [0, 0.1) is 5.41 Å². The lowest BCUT2D eigenvalue weighted by molar-refractivity contribution is -0.142. The fourth-order valence-corrected chi connectivity index (χ4v) is 4.17. The van der Waals surface area contributed by atoms with Crippen molar-refractivity contribution in [3.8, 4) is 5.75 Å². The van der Waals surface area contributed by atoms with Gasteiger partial charge in [0.1, 0.15) is 5.75 Å². The monoisotopic (exact) mass is 487 g/mol. The fourth-order valence-electron chi connectivity index (χ4n) is 4.17. The van der Waals surface area contributed by atoms with Crippen LogP contribution in [-0.4, -0.2) is 37.9 Å². The number of hydrogen-bond donors (Lipinski definition) is 1.